The SMILES string of the molecule is c1ccc(C(CC2CC[N]CC2)c2ccccc2)cc1. The van der Waals surface area contributed by atoms with Gasteiger partial charge in [0.05, 0.1) is 0 Å². The molecule has 20 heavy (non-hydrogen) atoms. The minimum absolute atomic E-state index is 0.528. The van der Waals surface area contributed by atoms with Crippen LogP contribution in [-0.2, 0) is 0 Å². The van der Waals surface area contributed by atoms with Gasteiger partial charge in [0.1, 0.15) is 0 Å². The first-order valence-electron chi connectivity index (χ1n) is 7.66. The topological polar surface area (TPSA) is 14.1 Å². The first kappa shape index (κ1) is 13.4. The number of benzene rings is 2. The summed E-state index contributed by atoms with van der Waals surface area (Å²) in [6.45, 7) is 2.11. The van der Waals surface area contributed by atoms with Crippen LogP contribution in [0.3, 0.4) is 0 Å². The quantitative estimate of drug-likeness (QED) is 0.785. The Bertz CT molecular complexity index is 460. The molecule has 1 nitrogen and oxygen atoms in total. The van der Waals surface area contributed by atoms with Crippen molar-refractivity contribution in [3.63, 3.8) is 0 Å². The highest BCUT2D eigenvalue weighted by molar-refractivity contribution is 5.32. The second-order valence-electron chi connectivity index (χ2n) is 5.72. The zero-order valence-corrected chi connectivity index (χ0v) is 11.9. The van der Waals surface area contributed by atoms with Crippen LogP contribution >= 0.6 is 0 Å². The van der Waals surface area contributed by atoms with Crippen molar-refractivity contribution >= 4 is 0 Å². The maximum absolute atomic E-state index is 4.48. The van der Waals surface area contributed by atoms with Crippen LogP contribution in [0.4, 0.5) is 0 Å². The molecule has 0 aliphatic carbocycles. The van der Waals surface area contributed by atoms with Crippen molar-refractivity contribution < 1.29 is 0 Å². The summed E-state index contributed by atoms with van der Waals surface area (Å²) in [5.74, 6) is 1.35. The van der Waals surface area contributed by atoms with Gasteiger partial charge in [0.2, 0.25) is 0 Å². The van der Waals surface area contributed by atoms with Crippen molar-refractivity contribution in [2.45, 2.75) is 25.2 Å². The van der Waals surface area contributed by atoms with Crippen molar-refractivity contribution in [2.75, 3.05) is 13.1 Å². The van der Waals surface area contributed by atoms with E-state index in [0.29, 0.717) is 5.92 Å². The average Bonchev–Trinajstić information content (AvgIpc) is 2.55. The average molecular weight is 264 g/mol. The number of piperidine rings is 1. The highest BCUT2D eigenvalue weighted by Gasteiger charge is 2.21. The lowest BCUT2D eigenvalue weighted by Crippen LogP contribution is -2.23. The predicted octanol–water partition coefficient (Wildman–Crippen LogP) is 4.22. The summed E-state index contributed by atoms with van der Waals surface area (Å²) in [5, 5.41) is 4.48. The van der Waals surface area contributed by atoms with E-state index in [-0.39, 0.29) is 0 Å². The summed E-state index contributed by atoms with van der Waals surface area (Å²) < 4.78 is 0. The molecule has 0 aromatic heterocycles. The molecule has 2 aromatic rings. The van der Waals surface area contributed by atoms with Crippen molar-refractivity contribution in [3.8, 4) is 0 Å². The summed E-state index contributed by atoms with van der Waals surface area (Å²) in [5.41, 5.74) is 2.89. The minimum atomic E-state index is 0.528. The van der Waals surface area contributed by atoms with Crippen LogP contribution in [-0.4, -0.2) is 13.1 Å². The molecule has 1 aliphatic rings. The Morgan fingerprint density at radius 2 is 1.30 bits per heavy atom. The summed E-state index contributed by atoms with van der Waals surface area (Å²) in [7, 11) is 0. The molecule has 0 atom stereocenters. The molecule has 0 unspecified atom stereocenters. The standard InChI is InChI=1S/C19H22N/c1-3-7-17(8-4-1)19(18-9-5-2-6-10-18)15-16-11-13-20-14-12-16/h1-10,16,19H,11-15H2. The molecule has 1 heteroatoms. The lowest BCUT2D eigenvalue weighted by atomic mass is 9.80. The molecule has 1 aliphatic heterocycles. The van der Waals surface area contributed by atoms with E-state index in [9.17, 15) is 0 Å². The summed E-state index contributed by atoms with van der Waals surface area (Å²) in [4.78, 5) is 0. The molecule has 3 rings (SSSR count). The summed E-state index contributed by atoms with van der Waals surface area (Å²) in [6.07, 6.45) is 3.77. The monoisotopic (exact) mass is 264 g/mol. The first-order valence-corrected chi connectivity index (χ1v) is 7.66. The van der Waals surface area contributed by atoms with Gasteiger partial charge in [-0.3, -0.25) is 0 Å². The minimum Gasteiger partial charge on any atom is -0.242 e. The summed E-state index contributed by atoms with van der Waals surface area (Å²) >= 11 is 0. The fourth-order valence-corrected chi connectivity index (χ4v) is 3.21. The van der Waals surface area contributed by atoms with Gasteiger partial charge in [-0.05, 0) is 36.3 Å². The number of hydrogen-bond donors (Lipinski definition) is 0. The Morgan fingerprint density at radius 3 is 1.80 bits per heavy atom. The fourth-order valence-electron chi connectivity index (χ4n) is 3.21. The van der Waals surface area contributed by atoms with Crippen molar-refractivity contribution in [3.05, 3.63) is 71.8 Å². The van der Waals surface area contributed by atoms with Gasteiger partial charge in [-0.15, -0.1) is 0 Å². The maximum atomic E-state index is 4.48. The molecule has 0 spiro atoms. The lowest BCUT2D eigenvalue weighted by Gasteiger charge is -2.27. The Morgan fingerprint density at radius 1 is 0.800 bits per heavy atom. The molecule has 0 amide bonds. The van der Waals surface area contributed by atoms with Gasteiger partial charge in [0.15, 0.2) is 0 Å². The van der Waals surface area contributed by atoms with Crippen LogP contribution in [0.1, 0.15) is 36.3 Å². The highest BCUT2D eigenvalue weighted by atomic mass is 14.9. The second kappa shape index (κ2) is 6.71. The molecule has 0 saturated carbocycles. The molecule has 1 saturated heterocycles. The molecule has 0 N–H and O–H groups in total. The third-order valence-corrected chi connectivity index (χ3v) is 4.36. The molecule has 1 heterocycles. The molecule has 1 fully saturated rings. The fraction of sp³-hybridized carbons (Fsp3) is 0.368. The smallest absolute Gasteiger partial charge is 0.0136 e. The highest BCUT2D eigenvalue weighted by Crippen LogP contribution is 2.33. The van der Waals surface area contributed by atoms with Gasteiger partial charge in [-0.2, -0.15) is 0 Å². The lowest BCUT2D eigenvalue weighted by molar-refractivity contribution is 0.338. The van der Waals surface area contributed by atoms with E-state index < -0.39 is 0 Å². The summed E-state index contributed by atoms with van der Waals surface area (Å²) in [6, 6.07) is 21.9. The van der Waals surface area contributed by atoms with E-state index in [1.165, 1.54) is 30.4 Å². The van der Waals surface area contributed by atoms with E-state index in [2.05, 4.69) is 66.0 Å². The van der Waals surface area contributed by atoms with Crippen LogP contribution in [0.2, 0.25) is 0 Å². The van der Waals surface area contributed by atoms with E-state index in [0.717, 1.165) is 19.0 Å². The number of nitrogens with zero attached hydrogens (tertiary/aromatic N) is 1. The van der Waals surface area contributed by atoms with Gasteiger partial charge in [0, 0.05) is 19.0 Å². The third-order valence-electron chi connectivity index (χ3n) is 4.36. The number of rotatable bonds is 4. The van der Waals surface area contributed by atoms with Crippen LogP contribution in [0.15, 0.2) is 60.7 Å². The second-order valence-corrected chi connectivity index (χ2v) is 5.72. The normalized spacial score (nSPS) is 16.4. The van der Waals surface area contributed by atoms with E-state index in [4.69, 9.17) is 0 Å². The van der Waals surface area contributed by atoms with Gasteiger partial charge in [-0.1, -0.05) is 60.7 Å². The first-order chi connectivity index (χ1) is 9.93. The molecule has 0 bridgehead atoms. The van der Waals surface area contributed by atoms with Crippen molar-refractivity contribution in [2.24, 2.45) is 5.92 Å². The Hall–Kier alpha value is -1.60. The zero-order valence-electron chi connectivity index (χ0n) is 11.9. The Kier molecular flexibility index (Phi) is 4.49. The number of hydrogen-bond acceptors (Lipinski definition) is 0. The van der Waals surface area contributed by atoms with Crippen molar-refractivity contribution in [1.82, 2.24) is 5.32 Å². The third kappa shape index (κ3) is 3.29. The van der Waals surface area contributed by atoms with Gasteiger partial charge in [0.25, 0.3) is 0 Å². The van der Waals surface area contributed by atoms with Gasteiger partial charge in [-0.25, -0.2) is 5.32 Å². The largest absolute Gasteiger partial charge is 0.242 e. The maximum Gasteiger partial charge on any atom is 0.0136 e. The zero-order chi connectivity index (χ0) is 13.6. The molecular weight excluding hydrogens is 242 g/mol. The Labute approximate surface area is 122 Å². The molecule has 103 valence electrons. The van der Waals surface area contributed by atoms with Crippen molar-refractivity contribution in [1.29, 1.82) is 0 Å². The molecular formula is C19H22N. The van der Waals surface area contributed by atoms with Crippen LogP contribution < -0.4 is 5.32 Å². The van der Waals surface area contributed by atoms with E-state index in [1.807, 2.05) is 0 Å². The molecule has 1 radical (unpaired) electrons. The van der Waals surface area contributed by atoms with E-state index >= 15 is 0 Å². The van der Waals surface area contributed by atoms with Crippen LogP contribution in [0.5, 0.6) is 0 Å². The Balaban J connectivity index is 1.83. The van der Waals surface area contributed by atoms with Gasteiger partial charge < -0.3 is 0 Å². The van der Waals surface area contributed by atoms with E-state index in [1.54, 1.807) is 0 Å². The van der Waals surface area contributed by atoms with Gasteiger partial charge >= 0.3 is 0 Å². The van der Waals surface area contributed by atoms with Crippen LogP contribution in [0, 0.1) is 5.92 Å². The predicted molar refractivity (Wildman–Crippen MR) is 83.9 cm³/mol. The molecule has 2 aromatic carbocycles. The van der Waals surface area contributed by atoms with Crippen LogP contribution in [0.25, 0.3) is 0 Å².